The molecule has 0 saturated carbocycles. The number of carbonyl (C=O) groups excluding carboxylic acids is 1. The maximum absolute atomic E-state index is 10.9. The molecule has 0 aliphatic carbocycles. The number of carbonyl (C=O) groups is 2. The standard InChI is InChI=1S/C9H10O2.C4H8O2/c1-7-3-5-8(6-4-7)9(10)11-2;1-2-3-4(5)6/h3-6H,1-2H3;2-3H2,1H3,(H,5,6). The molecule has 0 spiro atoms. The average Bonchev–Trinajstić information content (AvgIpc) is 2.29. The van der Waals surface area contributed by atoms with E-state index in [1.54, 1.807) is 12.1 Å². The predicted molar refractivity (Wildman–Crippen MR) is 65.1 cm³/mol. The molecule has 0 aromatic heterocycles. The van der Waals surface area contributed by atoms with E-state index < -0.39 is 5.97 Å². The fraction of sp³-hybridized carbons (Fsp3) is 0.385. The molecular weight excluding hydrogens is 220 g/mol. The smallest absolute Gasteiger partial charge is 0.337 e. The number of methoxy groups -OCH3 is 1. The zero-order valence-electron chi connectivity index (χ0n) is 10.4. The molecule has 0 saturated heterocycles. The quantitative estimate of drug-likeness (QED) is 0.822. The third-order valence-corrected chi connectivity index (χ3v) is 1.94. The first-order valence-corrected chi connectivity index (χ1v) is 5.38. The lowest BCUT2D eigenvalue weighted by Crippen LogP contribution is -2.00. The van der Waals surface area contributed by atoms with E-state index >= 15 is 0 Å². The fourth-order valence-electron chi connectivity index (χ4n) is 1.02. The number of ether oxygens (including phenoxy) is 1. The van der Waals surface area contributed by atoms with Crippen LogP contribution in [0.25, 0.3) is 0 Å². The van der Waals surface area contributed by atoms with Crippen molar-refractivity contribution in [1.82, 2.24) is 0 Å². The van der Waals surface area contributed by atoms with Crippen LogP contribution < -0.4 is 0 Å². The highest BCUT2D eigenvalue weighted by Crippen LogP contribution is 2.03. The second kappa shape index (κ2) is 8.33. The first-order chi connectivity index (χ1) is 8.01. The van der Waals surface area contributed by atoms with Crippen LogP contribution in [0.3, 0.4) is 0 Å². The Morgan fingerprint density at radius 1 is 1.24 bits per heavy atom. The van der Waals surface area contributed by atoms with Gasteiger partial charge in [-0.15, -0.1) is 0 Å². The summed E-state index contributed by atoms with van der Waals surface area (Å²) in [7, 11) is 1.38. The number of hydrogen-bond donors (Lipinski definition) is 1. The summed E-state index contributed by atoms with van der Waals surface area (Å²) in [6.07, 6.45) is 1.02. The molecule has 4 heteroatoms. The number of carboxylic acid groups (broad SMARTS) is 1. The van der Waals surface area contributed by atoms with E-state index in [9.17, 15) is 9.59 Å². The Morgan fingerprint density at radius 2 is 1.76 bits per heavy atom. The number of hydrogen-bond acceptors (Lipinski definition) is 3. The van der Waals surface area contributed by atoms with Crippen LogP contribution >= 0.6 is 0 Å². The lowest BCUT2D eigenvalue weighted by molar-refractivity contribution is -0.137. The van der Waals surface area contributed by atoms with Crippen LogP contribution in [-0.4, -0.2) is 24.2 Å². The van der Waals surface area contributed by atoms with Crippen molar-refractivity contribution in [2.75, 3.05) is 7.11 Å². The summed E-state index contributed by atoms with van der Waals surface area (Å²) in [5, 5.41) is 7.91. The van der Waals surface area contributed by atoms with E-state index in [-0.39, 0.29) is 5.97 Å². The highest BCUT2D eigenvalue weighted by Gasteiger charge is 2.01. The van der Waals surface area contributed by atoms with Crippen molar-refractivity contribution in [3.05, 3.63) is 35.4 Å². The predicted octanol–water partition coefficient (Wildman–Crippen LogP) is 2.65. The van der Waals surface area contributed by atoms with Crippen LogP contribution in [0.5, 0.6) is 0 Å². The Bertz CT molecular complexity index is 354. The molecule has 1 aromatic carbocycles. The molecule has 0 aliphatic rings. The molecule has 0 bridgehead atoms. The summed E-state index contributed by atoms with van der Waals surface area (Å²) in [5.74, 6) is -0.998. The van der Waals surface area contributed by atoms with E-state index in [0.29, 0.717) is 12.0 Å². The van der Waals surface area contributed by atoms with Crippen LogP contribution in [0.15, 0.2) is 24.3 Å². The van der Waals surface area contributed by atoms with Crippen molar-refractivity contribution in [1.29, 1.82) is 0 Å². The molecule has 94 valence electrons. The molecule has 0 fully saturated rings. The molecule has 0 radical (unpaired) electrons. The van der Waals surface area contributed by atoms with Crippen molar-refractivity contribution in [3.63, 3.8) is 0 Å². The van der Waals surface area contributed by atoms with Gasteiger partial charge in [0.2, 0.25) is 0 Å². The van der Waals surface area contributed by atoms with Crippen LogP contribution in [0.1, 0.15) is 35.7 Å². The number of rotatable bonds is 3. The maximum atomic E-state index is 10.9. The Hall–Kier alpha value is -1.84. The van der Waals surface area contributed by atoms with Crippen LogP contribution in [0.4, 0.5) is 0 Å². The first-order valence-electron chi connectivity index (χ1n) is 5.38. The second-order valence-electron chi connectivity index (χ2n) is 3.50. The van der Waals surface area contributed by atoms with E-state index in [1.807, 2.05) is 26.0 Å². The molecule has 1 rings (SSSR count). The van der Waals surface area contributed by atoms with Crippen molar-refractivity contribution in [2.45, 2.75) is 26.7 Å². The Labute approximate surface area is 101 Å². The zero-order valence-corrected chi connectivity index (χ0v) is 10.4. The van der Waals surface area contributed by atoms with Gasteiger partial charge in [0.1, 0.15) is 0 Å². The molecule has 0 aliphatic heterocycles. The molecule has 0 amide bonds. The Kier molecular flexibility index (Phi) is 7.43. The summed E-state index contributed by atoms with van der Waals surface area (Å²) >= 11 is 0. The molecule has 0 heterocycles. The van der Waals surface area contributed by atoms with Gasteiger partial charge in [-0.2, -0.15) is 0 Å². The molecular formula is C13H18O4. The van der Waals surface area contributed by atoms with Gasteiger partial charge in [-0.05, 0) is 25.5 Å². The van der Waals surface area contributed by atoms with Gasteiger partial charge in [0.25, 0.3) is 0 Å². The number of aliphatic carboxylic acids is 1. The summed E-state index contributed by atoms with van der Waals surface area (Å²) in [6, 6.07) is 7.26. The van der Waals surface area contributed by atoms with Crippen LogP contribution in [-0.2, 0) is 9.53 Å². The van der Waals surface area contributed by atoms with Crippen molar-refractivity contribution < 1.29 is 19.4 Å². The molecule has 0 unspecified atom stereocenters. The van der Waals surface area contributed by atoms with Gasteiger partial charge in [-0.3, -0.25) is 4.79 Å². The molecule has 1 N–H and O–H groups in total. The monoisotopic (exact) mass is 238 g/mol. The summed E-state index contributed by atoms with van der Waals surface area (Å²) in [4.78, 5) is 20.5. The molecule has 1 aromatic rings. The summed E-state index contributed by atoms with van der Waals surface area (Å²) in [5.41, 5.74) is 1.73. The summed E-state index contributed by atoms with van der Waals surface area (Å²) in [6.45, 7) is 3.81. The zero-order chi connectivity index (χ0) is 13.3. The van der Waals surface area contributed by atoms with Gasteiger partial charge in [0.15, 0.2) is 0 Å². The van der Waals surface area contributed by atoms with E-state index in [4.69, 9.17) is 5.11 Å². The van der Waals surface area contributed by atoms with Crippen molar-refractivity contribution >= 4 is 11.9 Å². The SMILES string of the molecule is CCCC(=O)O.COC(=O)c1ccc(C)cc1. The Morgan fingerprint density at radius 3 is 2.06 bits per heavy atom. The second-order valence-corrected chi connectivity index (χ2v) is 3.50. The fourth-order valence-corrected chi connectivity index (χ4v) is 1.02. The lowest BCUT2D eigenvalue weighted by Gasteiger charge is -1.97. The number of aryl methyl sites for hydroxylation is 1. The minimum Gasteiger partial charge on any atom is -0.481 e. The number of esters is 1. The highest BCUT2D eigenvalue weighted by molar-refractivity contribution is 5.89. The van der Waals surface area contributed by atoms with Crippen molar-refractivity contribution in [2.24, 2.45) is 0 Å². The van der Waals surface area contributed by atoms with Gasteiger partial charge in [-0.25, -0.2) is 4.79 Å². The third-order valence-electron chi connectivity index (χ3n) is 1.94. The molecule has 17 heavy (non-hydrogen) atoms. The van der Waals surface area contributed by atoms with Gasteiger partial charge < -0.3 is 9.84 Å². The number of carboxylic acids is 1. The van der Waals surface area contributed by atoms with E-state index in [0.717, 1.165) is 12.0 Å². The minimum absolute atomic E-state index is 0.287. The average molecular weight is 238 g/mol. The van der Waals surface area contributed by atoms with E-state index in [1.165, 1.54) is 7.11 Å². The first kappa shape index (κ1) is 15.2. The largest absolute Gasteiger partial charge is 0.481 e. The van der Waals surface area contributed by atoms with Crippen LogP contribution in [0.2, 0.25) is 0 Å². The lowest BCUT2D eigenvalue weighted by atomic mass is 10.2. The highest BCUT2D eigenvalue weighted by atomic mass is 16.5. The summed E-state index contributed by atoms with van der Waals surface area (Å²) < 4.78 is 4.54. The topological polar surface area (TPSA) is 63.6 Å². The molecule has 4 nitrogen and oxygen atoms in total. The van der Waals surface area contributed by atoms with Gasteiger partial charge in [0.05, 0.1) is 12.7 Å². The van der Waals surface area contributed by atoms with Crippen molar-refractivity contribution in [3.8, 4) is 0 Å². The maximum Gasteiger partial charge on any atom is 0.337 e. The normalized spacial score (nSPS) is 8.88. The molecule has 0 atom stereocenters. The van der Waals surface area contributed by atoms with Gasteiger partial charge >= 0.3 is 11.9 Å². The van der Waals surface area contributed by atoms with Gasteiger partial charge in [0, 0.05) is 6.42 Å². The van der Waals surface area contributed by atoms with E-state index in [2.05, 4.69) is 4.74 Å². The number of benzene rings is 1. The van der Waals surface area contributed by atoms with Gasteiger partial charge in [-0.1, -0.05) is 24.6 Å². The minimum atomic E-state index is -0.711. The third kappa shape index (κ3) is 7.11. The Balaban J connectivity index is 0.000000366. The van der Waals surface area contributed by atoms with Crippen LogP contribution in [0, 0.1) is 6.92 Å².